The number of rotatable bonds is 5. The second-order valence-corrected chi connectivity index (χ2v) is 7.56. The molecule has 4 rings (SSSR count). The van der Waals surface area contributed by atoms with Crippen LogP contribution in [0.4, 0.5) is 0 Å². The maximum Gasteiger partial charge on any atom is 0.0628 e. The number of fused-ring (bicyclic) bond motifs is 2. The van der Waals surface area contributed by atoms with Gasteiger partial charge >= 0.3 is 0 Å². The number of benzene rings is 2. The Balaban J connectivity index is 1.72. The van der Waals surface area contributed by atoms with E-state index in [4.69, 9.17) is 0 Å². The Labute approximate surface area is 152 Å². The van der Waals surface area contributed by atoms with E-state index in [9.17, 15) is 0 Å². The third-order valence-corrected chi connectivity index (χ3v) is 6.07. The molecule has 0 amide bonds. The molecule has 2 heterocycles. The van der Waals surface area contributed by atoms with Crippen LogP contribution in [0.3, 0.4) is 0 Å². The Morgan fingerprint density at radius 2 is 1.40 bits per heavy atom. The van der Waals surface area contributed by atoms with Crippen molar-refractivity contribution in [2.75, 3.05) is 0 Å². The van der Waals surface area contributed by atoms with E-state index in [1.165, 1.54) is 49.7 Å². The van der Waals surface area contributed by atoms with Gasteiger partial charge in [-0.15, -0.1) is 0 Å². The first-order chi connectivity index (χ1) is 12.4. The summed E-state index contributed by atoms with van der Waals surface area (Å²) >= 11 is 0. The Bertz CT molecular complexity index is 638. The summed E-state index contributed by atoms with van der Waals surface area (Å²) in [6.45, 7) is 2.34. The molecular weight excluding hydrogens is 304 g/mol. The third kappa shape index (κ3) is 3.38. The molecular formula is C23H30N2. The van der Waals surface area contributed by atoms with Crippen LogP contribution in [-0.2, 0) is 0 Å². The van der Waals surface area contributed by atoms with Crippen LogP contribution in [-0.4, -0.2) is 17.2 Å². The normalized spacial score (nSPS) is 26.1. The van der Waals surface area contributed by atoms with Crippen LogP contribution in [0.25, 0.3) is 0 Å². The maximum atomic E-state index is 3.84. The van der Waals surface area contributed by atoms with Crippen molar-refractivity contribution < 1.29 is 0 Å². The first kappa shape index (κ1) is 16.8. The minimum atomic E-state index is 0.461. The molecule has 2 fully saturated rings. The average Bonchev–Trinajstić information content (AvgIpc) is 2.62. The van der Waals surface area contributed by atoms with E-state index in [-0.39, 0.29) is 0 Å². The summed E-state index contributed by atoms with van der Waals surface area (Å²) in [4.78, 5) is 2.80. The molecule has 4 atom stereocenters. The van der Waals surface area contributed by atoms with Crippen molar-refractivity contribution in [2.24, 2.45) is 0 Å². The monoisotopic (exact) mass is 334 g/mol. The van der Waals surface area contributed by atoms with Gasteiger partial charge in [0.1, 0.15) is 0 Å². The van der Waals surface area contributed by atoms with Gasteiger partial charge in [-0.2, -0.15) is 0 Å². The van der Waals surface area contributed by atoms with Crippen LogP contribution >= 0.6 is 0 Å². The second-order valence-electron chi connectivity index (χ2n) is 7.56. The molecule has 2 aromatic carbocycles. The average molecular weight is 335 g/mol. The number of hydrogen-bond acceptors (Lipinski definition) is 2. The molecule has 1 N–H and O–H groups in total. The lowest BCUT2D eigenvalue weighted by Gasteiger charge is -2.56. The van der Waals surface area contributed by atoms with E-state index in [0.717, 1.165) is 0 Å². The summed E-state index contributed by atoms with van der Waals surface area (Å²) in [5.74, 6) is 0.537. The van der Waals surface area contributed by atoms with Gasteiger partial charge in [-0.05, 0) is 30.4 Å². The maximum absolute atomic E-state index is 3.84. The summed E-state index contributed by atoms with van der Waals surface area (Å²) in [5.41, 5.74) is 2.94. The molecule has 2 heteroatoms. The number of hydrogen-bond donors (Lipinski definition) is 1. The molecule has 0 spiro atoms. The molecule has 2 saturated heterocycles. The van der Waals surface area contributed by atoms with E-state index in [0.29, 0.717) is 24.3 Å². The molecule has 4 unspecified atom stereocenters. The lowest BCUT2D eigenvalue weighted by Crippen LogP contribution is -2.70. The van der Waals surface area contributed by atoms with Crippen molar-refractivity contribution in [3.8, 4) is 0 Å². The lowest BCUT2D eigenvalue weighted by atomic mass is 9.81. The molecule has 2 nitrogen and oxygen atoms in total. The molecule has 0 radical (unpaired) electrons. The summed E-state index contributed by atoms with van der Waals surface area (Å²) in [6, 6.07) is 22.8. The van der Waals surface area contributed by atoms with Crippen LogP contribution in [0.1, 0.15) is 68.5 Å². The van der Waals surface area contributed by atoms with E-state index in [1.54, 1.807) is 0 Å². The van der Waals surface area contributed by atoms with Gasteiger partial charge in [0.25, 0.3) is 0 Å². The molecule has 2 bridgehead atoms. The smallest absolute Gasteiger partial charge is 0.0628 e. The van der Waals surface area contributed by atoms with Gasteiger partial charge < -0.3 is 0 Å². The Morgan fingerprint density at radius 3 is 1.96 bits per heavy atom. The highest BCUT2D eigenvalue weighted by atomic mass is 15.5. The predicted molar refractivity (Wildman–Crippen MR) is 104 cm³/mol. The lowest BCUT2D eigenvalue weighted by molar-refractivity contribution is -0.0878. The fourth-order valence-electron chi connectivity index (χ4n) is 4.84. The summed E-state index contributed by atoms with van der Waals surface area (Å²) in [7, 11) is 0. The Morgan fingerprint density at radius 1 is 0.840 bits per heavy atom. The standard InChI is InChI=1S/C23H30N2/c1-2-20(18-12-6-3-7-13-18)23(19-14-8-4-9-15-19)25-21-16-10-5-11-17-22(25)24-21/h3-4,6-9,12-15,20-24H,2,5,10-11,16-17H2,1H3. The quantitative estimate of drug-likeness (QED) is 0.783. The largest absolute Gasteiger partial charge is 0.286 e. The highest BCUT2D eigenvalue weighted by Crippen LogP contribution is 2.44. The van der Waals surface area contributed by atoms with Gasteiger partial charge in [-0.25, -0.2) is 0 Å². The van der Waals surface area contributed by atoms with Gasteiger partial charge in [0.2, 0.25) is 0 Å². The fraction of sp³-hybridized carbons (Fsp3) is 0.478. The summed E-state index contributed by atoms with van der Waals surface area (Å²) in [5, 5.41) is 3.84. The van der Waals surface area contributed by atoms with Crippen molar-refractivity contribution in [1.82, 2.24) is 10.2 Å². The van der Waals surface area contributed by atoms with Crippen molar-refractivity contribution in [3.63, 3.8) is 0 Å². The van der Waals surface area contributed by atoms with Crippen molar-refractivity contribution in [2.45, 2.75) is 69.7 Å². The summed E-state index contributed by atoms with van der Waals surface area (Å²) in [6.07, 6.45) is 8.93. The molecule has 2 aliphatic rings. The van der Waals surface area contributed by atoms with Crippen molar-refractivity contribution in [1.29, 1.82) is 0 Å². The fourth-order valence-corrected chi connectivity index (χ4v) is 4.84. The zero-order chi connectivity index (χ0) is 17.1. The van der Waals surface area contributed by atoms with E-state index < -0.39 is 0 Å². The van der Waals surface area contributed by atoms with E-state index in [2.05, 4.69) is 77.8 Å². The summed E-state index contributed by atoms with van der Waals surface area (Å²) < 4.78 is 0. The molecule has 2 aromatic rings. The highest BCUT2D eigenvalue weighted by molar-refractivity contribution is 5.29. The van der Waals surface area contributed by atoms with Crippen molar-refractivity contribution in [3.05, 3.63) is 71.8 Å². The molecule has 0 aliphatic carbocycles. The zero-order valence-corrected chi connectivity index (χ0v) is 15.3. The van der Waals surface area contributed by atoms with Crippen LogP contribution in [0, 0.1) is 0 Å². The second kappa shape index (κ2) is 7.72. The van der Waals surface area contributed by atoms with Gasteiger partial charge in [0, 0.05) is 12.0 Å². The predicted octanol–water partition coefficient (Wildman–Crippen LogP) is 5.44. The first-order valence-electron chi connectivity index (χ1n) is 10.0. The molecule has 25 heavy (non-hydrogen) atoms. The molecule has 132 valence electrons. The van der Waals surface area contributed by atoms with Gasteiger partial charge in [0.15, 0.2) is 0 Å². The zero-order valence-electron chi connectivity index (χ0n) is 15.3. The van der Waals surface area contributed by atoms with Crippen LogP contribution in [0.2, 0.25) is 0 Å². The van der Waals surface area contributed by atoms with Crippen molar-refractivity contribution >= 4 is 0 Å². The highest BCUT2D eigenvalue weighted by Gasteiger charge is 2.45. The minimum Gasteiger partial charge on any atom is -0.286 e. The van der Waals surface area contributed by atoms with Crippen LogP contribution in [0.5, 0.6) is 0 Å². The van der Waals surface area contributed by atoms with Crippen LogP contribution < -0.4 is 5.32 Å². The van der Waals surface area contributed by atoms with E-state index >= 15 is 0 Å². The van der Waals surface area contributed by atoms with Gasteiger partial charge in [-0.3, -0.25) is 10.2 Å². The minimum absolute atomic E-state index is 0.461. The topological polar surface area (TPSA) is 15.3 Å². The Kier molecular flexibility index (Phi) is 5.19. The molecule has 0 aromatic heterocycles. The Hall–Kier alpha value is -1.64. The molecule has 2 aliphatic heterocycles. The number of nitrogens with one attached hydrogen (secondary N) is 1. The SMILES string of the molecule is CCC(c1ccccc1)C(c1ccccc1)N1C2CCCCCC1N2. The molecule has 0 saturated carbocycles. The van der Waals surface area contributed by atoms with E-state index in [1.807, 2.05) is 0 Å². The third-order valence-electron chi connectivity index (χ3n) is 6.07. The first-order valence-corrected chi connectivity index (χ1v) is 10.0. The van der Waals surface area contributed by atoms with Crippen LogP contribution in [0.15, 0.2) is 60.7 Å². The van der Waals surface area contributed by atoms with Gasteiger partial charge in [0.05, 0.1) is 12.3 Å². The number of nitrogens with zero attached hydrogens (tertiary/aromatic N) is 1. The van der Waals surface area contributed by atoms with Gasteiger partial charge in [-0.1, -0.05) is 86.8 Å².